The van der Waals surface area contributed by atoms with Crippen molar-refractivity contribution in [1.82, 2.24) is 20.4 Å². The third-order valence-electron chi connectivity index (χ3n) is 5.05. The number of rotatable bonds is 6. The van der Waals surface area contributed by atoms with Crippen LogP contribution in [0.25, 0.3) is 0 Å². The standard InChI is InChI=1S/C21H21Cl2N5O2S/c22-15-2-1-14(17(23)11-15)12-24-21(30)18-4-3-16(31-18)13-27-7-9-28(10-8-27)19-5-6-20(29)26-25-19/h1-6,11H,7-10,12-13H2,(H,24,30)(H,26,29). The van der Waals surface area contributed by atoms with Gasteiger partial charge >= 0.3 is 0 Å². The van der Waals surface area contributed by atoms with Gasteiger partial charge in [-0.1, -0.05) is 29.3 Å². The lowest BCUT2D eigenvalue weighted by Crippen LogP contribution is -2.46. The fourth-order valence-corrected chi connectivity index (χ4v) is 4.80. The Hall–Kier alpha value is -2.39. The van der Waals surface area contributed by atoms with Crippen LogP contribution in [0.2, 0.25) is 10.0 Å². The number of nitrogens with one attached hydrogen (secondary N) is 1. The molecule has 1 amide bonds. The lowest BCUT2D eigenvalue weighted by atomic mass is 10.2. The van der Waals surface area contributed by atoms with Crippen LogP contribution in [0.3, 0.4) is 0 Å². The molecule has 0 aliphatic carbocycles. The van der Waals surface area contributed by atoms with Gasteiger partial charge in [-0.05, 0) is 35.9 Å². The van der Waals surface area contributed by atoms with Crippen LogP contribution < -0.4 is 10.2 Å². The van der Waals surface area contributed by atoms with E-state index in [1.165, 1.54) is 11.3 Å². The predicted octanol–water partition coefficient (Wildman–Crippen LogP) is 3.80. The van der Waals surface area contributed by atoms with Crippen molar-refractivity contribution in [3.63, 3.8) is 0 Å². The average molecular weight is 478 g/mol. The molecule has 7 nitrogen and oxygen atoms in total. The highest BCUT2D eigenvalue weighted by Gasteiger charge is 2.19. The number of aromatic nitrogens is 2. The molecule has 0 saturated carbocycles. The molecule has 0 radical (unpaired) electrons. The summed E-state index contributed by atoms with van der Waals surface area (Å²) >= 11 is 13.6. The molecular weight excluding hydrogens is 457 g/mol. The van der Waals surface area contributed by atoms with E-state index in [1.807, 2.05) is 18.2 Å². The van der Waals surface area contributed by atoms with Gasteiger partial charge in [-0.25, -0.2) is 0 Å². The number of thiophene rings is 1. The summed E-state index contributed by atoms with van der Waals surface area (Å²) < 4.78 is 0. The molecule has 0 atom stereocenters. The van der Waals surface area contributed by atoms with E-state index < -0.39 is 0 Å². The number of amides is 1. The van der Waals surface area contributed by atoms with Crippen LogP contribution in [-0.4, -0.2) is 52.3 Å². The number of hydrogen-bond donors (Lipinski definition) is 2. The highest BCUT2D eigenvalue weighted by atomic mass is 35.5. The van der Waals surface area contributed by atoms with Crippen LogP contribution in [-0.2, 0) is 13.1 Å². The van der Waals surface area contributed by atoms with Gasteiger partial charge in [-0.15, -0.1) is 21.5 Å². The second-order valence-electron chi connectivity index (χ2n) is 7.20. The van der Waals surface area contributed by atoms with Crippen LogP contribution in [0.4, 0.5) is 5.82 Å². The first-order valence-corrected chi connectivity index (χ1v) is 11.4. The van der Waals surface area contributed by atoms with E-state index in [-0.39, 0.29) is 11.8 Å². The van der Waals surface area contributed by atoms with Gasteiger partial charge in [-0.2, -0.15) is 0 Å². The summed E-state index contributed by atoms with van der Waals surface area (Å²) in [5.41, 5.74) is 0.826. The Morgan fingerprint density at radius 3 is 2.58 bits per heavy atom. The van der Waals surface area contributed by atoms with Gasteiger partial charge in [0.2, 0.25) is 5.88 Å². The van der Waals surface area contributed by atoms with Crippen molar-refractivity contribution in [2.75, 3.05) is 31.1 Å². The Labute approximate surface area is 194 Å². The zero-order valence-electron chi connectivity index (χ0n) is 16.6. The van der Waals surface area contributed by atoms with Crippen LogP contribution in [0.1, 0.15) is 20.1 Å². The zero-order chi connectivity index (χ0) is 21.8. The normalized spacial score (nSPS) is 14.6. The number of aromatic hydroxyl groups is 1. The van der Waals surface area contributed by atoms with E-state index in [1.54, 1.807) is 24.3 Å². The molecule has 1 aromatic carbocycles. The molecule has 3 aromatic rings. The first-order valence-electron chi connectivity index (χ1n) is 9.79. The highest BCUT2D eigenvalue weighted by Crippen LogP contribution is 2.23. The maximum atomic E-state index is 12.5. The van der Waals surface area contributed by atoms with Gasteiger partial charge in [0.25, 0.3) is 5.91 Å². The Balaban J connectivity index is 1.27. The Morgan fingerprint density at radius 1 is 1.06 bits per heavy atom. The number of halogens is 2. The van der Waals surface area contributed by atoms with E-state index in [2.05, 4.69) is 25.3 Å². The first-order chi connectivity index (χ1) is 15.0. The van der Waals surface area contributed by atoms with Crippen molar-refractivity contribution < 1.29 is 9.90 Å². The summed E-state index contributed by atoms with van der Waals surface area (Å²) in [7, 11) is 0. The van der Waals surface area contributed by atoms with E-state index in [0.717, 1.165) is 49.0 Å². The van der Waals surface area contributed by atoms with Gasteiger partial charge < -0.3 is 15.3 Å². The highest BCUT2D eigenvalue weighted by molar-refractivity contribution is 7.14. The van der Waals surface area contributed by atoms with E-state index in [0.29, 0.717) is 21.5 Å². The molecule has 162 valence electrons. The fraction of sp³-hybridized carbons (Fsp3) is 0.286. The van der Waals surface area contributed by atoms with E-state index in [9.17, 15) is 9.90 Å². The third-order valence-corrected chi connectivity index (χ3v) is 6.71. The molecule has 2 N–H and O–H groups in total. The van der Waals surface area contributed by atoms with Crippen LogP contribution >= 0.6 is 34.5 Å². The number of hydrogen-bond acceptors (Lipinski definition) is 7. The largest absolute Gasteiger partial charge is 0.492 e. The van der Waals surface area contributed by atoms with E-state index >= 15 is 0 Å². The summed E-state index contributed by atoms with van der Waals surface area (Å²) in [6, 6.07) is 12.4. The van der Waals surface area contributed by atoms with Crippen molar-refractivity contribution in [3.05, 3.63) is 67.8 Å². The van der Waals surface area contributed by atoms with Crippen molar-refractivity contribution in [2.45, 2.75) is 13.1 Å². The number of nitrogens with zero attached hydrogens (tertiary/aromatic N) is 4. The smallest absolute Gasteiger partial charge is 0.261 e. The van der Waals surface area contributed by atoms with Crippen molar-refractivity contribution in [3.8, 4) is 5.88 Å². The van der Waals surface area contributed by atoms with Crippen LogP contribution in [0.15, 0.2) is 42.5 Å². The van der Waals surface area contributed by atoms with Gasteiger partial charge in [0, 0.05) is 60.3 Å². The van der Waals surface area contributed by atoms with Crippen molar-refractivity contribution in [2.24, 2.45) is 0 Å². The average Bonchev–Trinajstić information content (AvgIpc) is 3.23. The minimum absolute atomic E-state index is 0.0730. The second-order valence-corrected chi connectivity index (χ2v) is 9.21. The maximum Gasteiger partial charge on any atom is 0.261 e. The maximum absolute atomic E-state index is 12.5. The lowest BCUT2D eigenvalue weighted by molar-refractivity contribution is 0.0955. The molecule has 1 saturated heterocycles. The molecule has 31 heavy (non-hydrogen) atoms. The quantitative estimate of drug-likeness (QED) is 0.561. The molecule has 0 unspecified atom stereocenters. The third kappa shape index (κ3) is 5.65. The molecule has 0 bridgehead atoms. The molecule has 1 aliphatic rings. The molecule has 1 aliphatic heterocycles. The van der Waals surface area contributed by atoms with Gasteiger partial charge in [-0.3, -0.25) is 9.69 Å². The molecule has 10 heteroatoms. The second kappa shape index (κ2) is 9.82. The minimum Gasteiger partial charge on any atom is -0.492 e. The summed E-state index contributed by atoms with van der Waals surface area (Å²) in [6.45, 7) is 4.59. The Morgan fingerprint density at radius 2 is 1.87 bits per heavy atom. The molecular formula is C21H21Cl2N5O2S. The SMILES string of the molecule is O=C(NCc1ccc(Cl)cc1Cl)c1ccc(CN2CCN(c3ccc(O)nn3)CC2)s1. The number of anilines is 1. The molecule has 1 fully saturated rings. The van der Waals surface area contributed by atoms with Gasteiger partial charge in [0.1, 0.15) is 0 Å². The molecule has 0 spiro atoms. The van der Waals surface area contributed by atoms with Gasteiger partial charge in [0.15, 0.2) is 5.82 Å². The van der Waals surface area contributed by atoms with Crippen molar-refractivity contribution >= 4 is 46.3 Å². The monoisotopic (exact) mass is 477 g/mol. The molecule has 3 heterocycles. The topological polar surface area (TPSA) is 81.6 Å². The van der Waals surface area contributed by atoms with Crippen LogP contribution in [0.5, 0.6) is 5.88 Å². The summed E-state index contributed by atoms with van der Waals surface area (Å²) in [5, 5.41) is 21.0. The molecule has 4 rings (SSSR count). The minimum atomic E-state index is -0.113. The zero-order valence-corrected chi connectivity index (χ0v) is 18.9. The first kappa shape index (κ1) is 21.8. The summed E-state index contributed by atoms with van der Waals surface area (Å²) in [6.07, 6.45) is 0. The Kier molecular flexibility index (Phi) is 6.92. The Bertz CT molecular complexity index is 1050. The number of benzene rings is 1. The van der Waals surface area contributed by atoms with E-state index in [4.69, 9.17) is 23.2 Å². The van der Waals surface area contributed by atoms with Crippen LogP contribution in [0, 0.1) is 0 Å². The number of piperazine rings is 1. The van der Waals surface area contributed by atoms with Crippen molar-refractivity contribution in [1.29, 1.82) is 0 Å². The van der Waals surface area contributed by atoms with Gasteiger partial charge in [0.05, 0.1) is 4.88 Å². The summed E-state index contributed by atoms with van der Waals surface area (Å²) in [5.74, 6) is 0.586. The molecule has 2 aromatic heterocycles. The number of carbonyl (C=O) groups excluding carboxylic acids is 1. The lowest BCUT2D eigenvalue weighted by Gasteiger charge is -2.34. The predicted molar refractivity (Wildman–Crippen MR) is 123 cm³/mol. The summed E-state index contributed by atoms with van der Waals surface area (Å²) in [4.78, 5) is 18.8. The number of carbonyl (C=O) groups is 1. The fourth-order valence-electron chi connectivity index (χ4n) is 3.35.